The predicted molar refractivity (Wildman–Crippen MR) is 116 cm³/mol. The maximum Gasteiger partial charge on any atom is 0.162 e. The van der Waals surface area contributed by atoms with Crippen LogP contribution in [0.15, 0.2) is 48.7 Å². The molecule has 0 radical (unpaired) electrons. The molecule has 1 aliphatic heterocycles. The molecule has 0 spiro atoms. The van der Waals surface area contributed by atoms with Gasteiger partial charge in [0.1, 0.15) is 0 Å². The first-order chi connectivity index (χ1) is 14.7. The Kier molecular flexibility index (Phi) is 5.86. The van der Waals surface area contributed by atoms with Gasteiger partial charge in [-0.3, -0.25) is 4.90 Å². The van der Waals surface area contributed by atoms with E-state index in [9.17, 15) is 0 Å². The van der Waals surface area contributed by atoms with E-state index < -0.39 is 0 Å². The van der Waals surface area contributed by atoms with Gasteiger partial charge in [-0.05, 0) is 47.9 Å². The molecular weight excluding hydrogens is 380 g/mol. The van der Waals surface area contributed by atoms with Crippen molar-refractivity contribution in [1.29, 1.82) is 0 Å². The minimum absolute atomic E-state index is 0.745. The fourth-order valence-corrected chi connectivity index (χ4v) is 4.05. The maximum atomic E-state index is 5.55. The van der Waals surface area contributed by atoms with Crippen molar-refractivity contribution in [3.05, 3.63) is 65.5 Å². The van der Waals surface area contributed by atoms with Crippen LogP contribution in [0.3, 0.4) is 0 Å². The van der Waals surface area contributed by atoms with E-state index >= 15 is 0 Å². The zero-order valence-corrected chi connectivity index (χ0v) is 18.0. The van der Waals surface area contributed by atoms with Crippen LogP contribution >= 0.6 is 0 Å². The third-order valence-electron chi connectivity index (χ3n) is 5.62. The third kappa shape index (κ3) is 3.83. The molecule has 0 saturated carbocycles. The Bertz CT molecular complexity index is 1030. The van der Waals surface area contributed by atoms with E-state index in [-0.39, 0.29) is 0 Å². The molecule has 2 heterocycles. The van der Waals surface area contributed by atoms with Gasteiger partial charge >= 0.3 is 0 Å². The summed E-state index contributed by atoms with van der Waals surface area (Å²) in [6, 6.07) is 14.5. The van der Waals surface area contributed by atoms with Gasteiger partial charge in [0, 0.05) is 37.6 Å². The predicted octanol–water partition coefficient (Wildman–Crippen LogP) is 4.07. The van der Waals surface area contributed by atoms with E-state index in [4.69, 9.17) is 18.9 Å². The van der Waals surface area contributed by atoms with Crippen LogP contribution < -0.4 is 18.9 Å². The molecular formula is C24H28N2O4. The van der Waals surface area contributed by atoms with E-state index in [0.717, 1.165) is 54.7 Å². The van der Waals surface area contributed by atoms with Crippen molar-refractivity contribution in [2.24, 2.45) is 0 Å². The van der Waals surface area contributed by atoms with Crippen LogP contribution in [0.1, 0.15) is 16.8 Å². The standard InChI is InChI=1S/C24H28N2O4/c1-27-21-8-7-17(12-22(21)28-2)9-11-25-15-18-13-23(29-3)24(30-4)14-20(18)26-10-5-6-19(26)16-25/h5-8,10,12-14H,9,11,15-16H2,1-4H3. The second-order valence-electron chi connectivity index (χ2n) is 7.36. The van der Waals surface area contributed by atoms with Gasteiger partial charge < -0.3 is 23.5 Å². The number of methoxy groups -OCH3 is 4. The van der Waals surface area contributed by atoms with Gasteiger partial charge in [0.15, 0.2) is 23.0 Å². The second-order valence-corrected chi connectivity index (χ2v) is 7.36. The van der Waals surface area contributed by atoms with Crippen molar-refractivity contribution >= 4 is 0 Å². The van der Waals surface area contributed by atoms with Gasteiger partial charge in [-0.1, -0.05) is 6.07 Å². The first kappa shape index (κ1) is 20.2. The summed E-state index contributed by atoms with van der Waals surface area (Å²) in [5.74, 6) is 3.02. The number of rotatable bonds is 7. The van der Waals surface area contributed by atoms with Crippen LogP contribution in [0.2, 0.25) is 0 Å². The Morgan fingerprint density at radius 1 is 0.767 bits per heavy atom. The molecule has 2 aromatic carbocycles. The Balaban J connectivity index is 1.60. The normalized spacial score (nSPS) is 13.2. The highest BCUT2D eigenvalue weighted by Gasteiger charge is 2.21. The molecule has 0 unspecified atom stereocenters. The first-order valence-electron chi connectivity index (χ1n) is 10.0. The molecule has 6 heteroatoms. The van der Waals surface area contributed by atoms with Crippen molar-refractivity contribution < 1.29 is 18.9 Å². The summed E-state index contributed by atoms with van der Waals surface area (Å²) < 4.78 is 24.1. The zero-order chi connectivity index (χ0) is 21.1. The summed E-state index contributed by atoms with van der Waals surface area (Å²) in [5, 5.41) is 0. The second kappa shape index (κ2) is 8.71. The molecule has 3 aromatic rings. The number of ether oxygens (including phenoxy) is 4. The van der Waals surface area contributed by atoms with E-state index in [0.29, 0.717) is 0 Å². The molecule has 0 N–H and O–H groups in total. The Labute approximate surface area is 177 Å². The van der Waals surface area contributed by atoms with Gasteiger partial charge in [-0.2, -0.15) is 0 Å². The highest BCUT2D eigenvalue weighted by atomic mass is 16.5. The van der Waals surface area contributed by atoms with Gasteiger partial charge in [-0.25, -0.2) is 0 Å². The molecule has 0 amide bonds. The molecule has 0 saturated heterocycles. The fraction of sp³-hybridized carbons (Fsp3) is 0.333. The molecule has 0 fully saturated rings. The van der Waals surface area contributed by atoms with Gasteiger partial charge in [0.2, 0.25) is 0 Å². The highest BCUT2D eigenvalue weighted by molar-refractivity contribution is 5.55. The van der Waals surface area contributed by atoms with Crippen LogP contribution in [0.25, 0.3) is 5.69 Å². The monoisotopic (exact) mass is 408 g/mol. The van der Waals surface area contributed by atoms with E-state index in [1.54, 1.807) is 28.4 Å². The summed E-state index contributed by atoms with van der Waals surface area (Å²) in [5.41, 5.74) is 4.84. The van der Waals surface area contributed by atoms with Crippen molar-refractivity contribution in [2.45, 2.75) is 19.5 Å². The first-order valence-corrected chi connectivity index (χ1v) is 10.0. The van der Waals surface area contributed by atoms with Crippen LogP contribution in [0.4, 0.5) is 0 Å². The Morgan fingerprint density at radius 2 is 1.47 bits per heavy atom. The molecule has 6 nitrogen and oxygen atoms in total. The summed E-state index contributed by atoms with van der Waals surface area (Å²) in [6.07, 6.45) is 3.03. The molecule has 0 bridgehead atoms. The topological polar surface area (TPSA) is 45.1 Å². The largest absolute Gasteiger partial charge is 0.493 e. The molecule has 0 aliphatic carbocycles. The third-order valence-corrected chi connectivity index (χ3v) is 5.62. The number of benzene rings is 2. The number of fused-ring (bicyclic) bond motifs is 3. The fourth-order valence-electron chi connectivity index (χ4n) is 4.05. The smallest absolute Gasteiger partial charge is 0.162 e. The van der Waals surface area contributed by atoms with Crippen molar-refractivity contribution in [2.75, 3.05) is 35.0 Å². The number of hydrogen-bond acceptors (Lipinski definition) is 5. The lowest BCUT2D eigenvalue weighted by atomic mass is 10.1. The lowest BCUT2D eigenvalue weighted by Gasteiger charge is -2.21. The summed E-state index contributed by atoms with van der Waals surface area (Å²) in [4.78, 5) is 2.46. The number of aromatic nitrogens is 1. The quantitative estimate of drug-likeness (QED) is 0.590. The summed E-state index contributed by atoms with van der Waals surface area (Å²) >= 11 is 0. The lowest BCUT2D eigenvalue weighted by Crippen LogP contribution is -2.24. The molecule has 0 atom stereocenters. The molecule has 1 aromatic heterocycles. The van der Waals surface area contributed by atoms with Gasteiger partial charge in [0.25, 0.3) is 0 Å². The van der Waals surface area contributed by atoms with E-state index in [1.165, 1.54) is 16.8 Å². The average Bonchev–Trinajstić information content (AvgIpc) is 3.19. The number of nitrogens with zero attached hydrogens (tertiary/aromatic N) is 2. The minimum Gasteiger partial charge on any atom is -0.493 e. The summed E-state index contributed by atoms with van der Waals surface area (Å²) in [7, 11) is 6.68. The molecule has 158 valence electrons. The van der Waals surface area contributed by atoms with Gasteiger partial charge in [-0.15, -0.1) is 0 Å². The van der Waals surface area contributed by atoms with Crippen LogP contribution in [0.5, 0.6) is 23.0 Å². The van der Waals surface area contributed by atoms with Gasteiger partial charge in [0.05, 0.1) is 34.1 Å². The molecule has 30 heavy (non-hydrogen) atoms. The molecule has 1 aliphatic rings. The van der Waals surface area contributed by atoms with Crippen LogP contribution in [0, 0.1) is 0 Å². The van der Waals surface area contributed by atoms with Crippen molar-refractivity contribution in [3.63, 3.8) is 0 Å². The van der Waals surface area contributed by atoms with Crippen LogP contribution in [-0.4, -0.2) is 44.5 Å². The lowest BCUT2D eigenvalue weighted by molar-refractivity contribution is 0.260. The Hall–Kier alpha value is -3.12. The summed E-state index contributed by atoms with van der Waals surface area (Å²) in [6.45, 7) is 2.64. The average molecular weight is 408 g/mol. The van der Waals surface area contributed by atoms with Crippen LogP contribution in [-0.2, 0) is 19.5 Å². The highest BCUT2D eigenvalue weighted by Crippen LogP contribution is 2.35. The maximum absolute atomic E-state index is 5.55. The number of hydrogen-bond donors (Lipinski definition) is 0. The zero-order valence-electron chi connectivity index (χ0n) is 18.0. The van der Waals surface area contributed by atoms with E-state index in [2.05, 4.69) is 52.1 Å². The minimum atomic E-state index is 0.745. The van der Waals surface area contributed by atoms with E-state index in [1.807, 2.05) is 6.07 Å². The SMILES string of the molecule is COc1ccc(CCN2Cc3cc(OC)c(OC)cc3-n3cccc3C2)cc1OC. The van der Waals surface area contributed by atoms with Crippen molar-refractivity contribution in [3.8, 4) is 28.7 Å². The molecule has 4 rings (SSSR count). The van der Waals surface area contributed by atoms with Crippen molar-refractivity contribution in [1.82, 2.24) is 9.47 Å². The Morgan fingerprint density at radius 3 is 2.20 bits per heavy atom.